The highest BCUT2D eigenvalue weighted by atomic mass is 32.2. The van der Waals surface area contributed by atoms with Gasteiger partial charge < -0.3 is 0 Å². The normalized spacial score (nSPS) is 12.1. The van der Waals surface area contributed by atoms with Gasteiger partial charge in [-0.05, 0) is 44.0 Å². The number of rotatable bonds is 3. The molecule has 1 atom stereocenters. The third kappa shape index (κ3) is 2.57. The Morgan fingerprint density at radius 2 is 2.11 bits per heavy atom. The highest BCUT2D eigenvalue weighted by Crippen LogP contribution is 2.24. The Hall–Kier alpha value is -1.73. The van der Waals surface area contributed by atoms with Gasteiger partial charge in [-0.15, -0.1) is 0 Å². The highest BCUT2D eigenvalue weighted by molar-refractivity contribution is 8.00. The van der Waals surface area contributed by atoms with Crippen molar-refractivity contribution in [3.8, 4) is 11.8 Å². The quantitative estimate of drug-likeness (QED) is 0.790. The molecule has 0 saturated heterocycles. The second kappa shape index (κ2) is 5.28. The number of nitriles is 1. The second-order valence-electron chi connectivity index (χ2n) is 4.24. The number of hydrogen-bond acceptors (Lipinski definition) is 3. The van der Waals surface area contributed by atoms with Crippen molar-refractivity contribution in [2.24, 2.45) is 0 Å². The van der Waals surface area contributed by atoms with Crippen LogP contribution < -0.4 is 0 Å². The van der Waals surface area contributed by atoms with E-state index < -0.39 is 0 Å². The highest BCUT2D eigenvalue weighted by Gasteiger charge is 2.10. The van der Waals surface area contributed by atoms with Crippen molar-refractivity contribution in [2.75, 3.05) is 0 Å². The molecule has 1 heterocycles. The SMILES string of the molecule is Cc1ccc(-n2ccnc2S[C@@H](C)C#N)cc1C. The minimum Gasteiger partial charge on any atom is -0.295 e. The van der Waals surface area contributed by atoms with Gasteiger partial charge in [0.25, 0.3) is 0 Å². The van der Waals surface area contributed by atoms with Gasteiger partial charge in [-0.2, -0.15) is 5.26 Å². The number of aryl methyl sites for hydroxylation is 2. The van der Waals surface area contributed by atoms with Crippen LogP contribution in [-0.2, 0) is 0 Å². The van der Waals surface area contributed by atoms with Crippen molar-refractivity contribution in [1.82, 2.24) is 9.55 Å². The van der Waals surface area contributed by atoms with Crippen LogP contribution in [0, 0.1) is 25.2 Å². The number of benzene rings is 1. The second-order valence-corrected chi connectivity index (χ2v) is 5.55. The maximum Gasteiger partial charge on any atom is 0.173 e. The van der Waals surface area contributed by atoms with Gasteiger partial charge in [0.2, 0.25) is 0 Å². The van der Waals surface area contributed by atoms with Gasteiger partial charge >= 0.3 is 0 Å². The molecule has 0 fully saturated rings. The van der Waals surface area contributed by atoms with Crippen LogP contribution in [0.2, 0.25) is 0 Å². The largest absolute Gasteiger partial charge is 0.295 e. The Bertz CT molecular complexity index is 595. The van der Waals surface area contributed by atoms with E-state index >= 15 is 0 Å². The fourth-order valence-corrected chi connectivity index (χ4v) is 2.40. The molecule has 0 N–H and O–H groups in total. The van der Waals surface area contributed by atoms with E-state index in [0.29, 0.717) is 0 Å². The van der Waals surface area contributed by atoms with E-state index in [1.807, 2.05) is 17.7 Å². The molecule has 3 nitrogen and oxygen atoms in total. The lowest BCUT2D eigenvalue weighted by Gasteiger charge is -2.10. The maximum absolute atomic E-state index is 8.87. The van der Waals surface area contributed by atoms with Crippen LogP contribution in [0.1, 0.15) is 18.1 Å². The molecule has 0 aliphatic carbocycles. The molecule has 2 aromatic rings. The van der Waals surface area contributed by atoms with Crippen LogP contribution in [0.15, 0.2) is 35.7 Å². The Balaban J connectivity index is 2.36. The van der Waals surface area contributed by atoms with E-state index in [1.54, 1.807) is 6.20 Å². The summed E-state index contributed by atoms with van der Waals surface area (Å²) in [5, 5.41) is 9.62. The lowest BCUT2D eigenvalue weighted by atomic mass is 10.1. The summed E-state index contributed by atoms with van der Waals surface area (Å²) in [4.78, 5) is 4.31. The predicted molar refractivity (Wildman–Crippen MR) is 74.0 cm³/mol. The number of imidazole rings is 1. The van der Waals surface area contributed by atoms with Gasteiger partial charge in [-0.1, -0.05) is 17.8 Å². The van der Waals surface area contributed by atoms with E-state index in [-0.39, 0.29) is 5.25 Å². The fraction of sp³-hybridized carbons (Fsp3) is 0.286. The molecule has 0 saturated carbocycles. The molecule has 18 heavy (non-hydrogen) atoms. The average molecular weight is 257 g/mol. The van der Waals surface area contributed by atoms with Crippen LogP contribution in [0.25, 0.3) is 5.69 Å². The summed E-state index contributed by atoms with van der Waals surface area (Å²) < 4.78 is 2.02. The molecule has 1 aromatic heterocycles. The summed E-state index contributed by atoms with van der Waals surface area (Å²) in [5.74, 6) is 0. The van der Waals surface area contributed by atoms with Crippen molar-refractivity contribution in [1.29, 1.82) is 5.26 Å². The fourth-order valence-electron chi connectivity index (χ4n) is 1.63. The van der Waals surface area contributed by atoms with Gasteiger partial charge in [-0.25, -0.2) is 4.98 Å². The summed E-state index contributed by atoms with van der Waals surface area (Å²) in [5.41, 5.74) is 3.62. The van der Waals surface area contributed by atoms with E-state index in [4.69, 9.17) is 5.26 Å². The zero-order valence-corrected chi connectivity index (χ0v) is 11.5. The molecule has 0 spiro atoms. The Labute approximate surface area is 111 Å². The third-order valence-corrected chi connectivity index (χ3v) is 3.81. The van der Waals surface area contributed by atoms with E-state index in [2.05, 4.69) is 43.1 Å². The van der Waals surface area contributed by atoms with Gasteiger partial charge in [0.1, 0.15) is 0 Å². The third-order valence-electron chi connectivity index (χ3n) is 2.84. The first kappa shape index (κ1) is 12.7. The molecule has 2 rings (SSSR count). The predicted octanol–water partition coefficient (Wildman–Crippen LogP) is 3.49. The first-order valence-electron chi connectivity index (χ1n) is 5.79. The minimum absolute atomic E-state index is 0.0994. The van der Waals surface area contributed by atoms with Crippen molar-refractivity contribution in [3.05, 3.63) is 41.7 Å². The summed E-state index contributed by atoms with van der Waals surface area (Å²) >= 11 is 1.47. The molecule has 0 bridgehead atoms. The van der Waals surface area contributed by atoms with E-state index in [9.17, 15) is 0 Å². The molecule has 0 amide bonds. The number of hydrogen-bond donors (Lipinski definition) is 0. The summed E-state index contributed by atoms with van der Waals surface area (Å²) in [6.45, 7) is 6.07. The molecule has 0 unspecified atom stereocenters. The molecular formula is C14H15N3S. The van der Waals surface area contributed by atoms with Crippen LogP contribution in [0.5, 0.6) is 0 Å². The molecule has 0 aliphatic heterocycles. The van der Waals surface area contributed by atoms with Gasteiger partial charge in [0.15, 0.2) is 5.16 Å². The first-order valence-corrected chi connectivity index (χ1v) is 6.67. The zero-order chi connectivity index (χ0) is 13.1. The van der Waals surface area contributed by atoms with Crippen LogP contribution in [-0.4, -0.2) is 14.8 Å². The summed E-state index contributed by atoms with van der Waals surface area (Å²) in [6, 6.07) is 8.53. The molecule has 4 heteroatoms. The van der Waals surface area contributed by atoms with E-state index in [1.165, 1.54) is 22.9 Å². The van der Waals surface area contributed by atoms with Crippen molar-refractivity contribution in [2.45, 2.75) is 31.2 Å². The first-order chi connectivity index (χ1) is 8.61. The molecule has 92 valence electrons. The Kier molecular flexibility index (Phi) is 3.73. The summed E-state index contributed by atoms with van der Waals surface area (Å²) in [7, 11) is 0. The number of thioether (sulfide) groups is 1. The van der Waals surface area contributed by atoms with Crippen molar-refractivity contribution >= 4 is 11.8 Å². The Morgan fingerprint density at radius 3 is 2.78 bits per heavy atom. The van der Waals surface area contributed by atoms with Gasteiger partial charge in [0.05, 0.1) is 11.3 Å². The topological polar surface area (TPSA) is 41.6 Å². The van der Waals surface area contributed by atoms with Crippen LogP contribution >= 0.6 is 11.8 Å². The molecule has 1 aromatic carbocycles. The monoisotopic (exact) mass is 257 g/mol. The lowest BCUT2D eigenvalue weighted by molar-refractivity contribution is 0.890. The van der Waals surface area contributed by atoms with Crippen LogP contribution in [0.3, 0.4) is 0 Å². The number of aromatic nitrogens is 2. The smallest absolute Gasteiger partial charge is 0.173 e. The van der Waals surface area contributed by atoms with Crippen molar-refractivity contribution in [3.63, 3.8) is 0 Å². The van der Waals surface area contributed by atoms with Gasteiger partial charge in [0, 0.05) is 18.1 Å². The molecule has 0 radical (unpaired) electrons. The number of nitrogens with zero attached hydrogens (tertiary/aromatic N) is 3. The minimum atomic E-state index is -0.0994. The average Bonchev–Trinajstić information content (AvgIpc) is 2.80. The molecule has 0 aliphatic rings. The standard InChI is InChI=1S/C14H15N3S/c1-10-4-5-13(8-11(10)2)17-7-6-16-14(17)18-12(3)9-15/h4-8,12H,1-3H3/t12-/m0/s1. The summed E-state index contributed by atoms with van der Waals surface area (Å²) in [6.07, 6.45) is 3.69. The van der Waals surface area contributed by atoms with Gasteiger partial charge in [-0.3, -0.25) is 4.57 Å². The van der Waals surface area contributed by atoms with Crippen LogP contribution in [0.4, 0.5) is 0 Å². The lowest BCUT2D eigenvalue weighted by Crippen LogP contribution is -1.99. The molecular weight excluding hydrogens is 242 g/mol. The van der Waals surface area contributed by atoms with E-state index in [0.717, 1.165) is 10.8 Å². The Morgan fingerprint density at radius 1 is 1.33 bits per heavy atom. The van der Waals surface area contributed by atoms with Crippen molar-refractivity contribution < 1.29 is 0 Å². The maximum atomic E-state index is 8.87. The zero-order valence-electron chi connectivity index (χ0n) is 10.7.